The molecule has 0 aliphatic carbocycles. The first-order valence-electron chi connectivity index (χ1n) is 12.4. The molecule has 0 aromatic heterocycles. The van der Waals surface area contributed by atoms with Crippen LogP contribution in [0.1, 0.15) is 24.0 Å². The van der Waals surface area contributed by atoms with Gasteiger partial charge in [0.15, 0.2) is 11.5 Å². The number of benzene rings is 2. The van der Waals surface area contributed by atoms with Crippen LogP contribution in [-0.2, 0) is 27.5 Å². The van der Waals surface area contributed by atoms with Crippen LogP contribution in [0.2, 0.25) is 0 Å². The second-order valence-corrected chi connectivity index (χ2v) is 9.58. The first-order valence-corrected chi connectivity index (χ1v) is 12.4. The summed E-state index contributed by atoms with van der Waals surface area (Å²) in [5, 5.41) is 14.9. The molecule has 2 aromatic rings. The lowest BCUT2D eigenvalue weighted by molar-refractivity contribution is -0.188. The van der Waals surface area contributed by atoms with Crippen molar-refractivity contribution in [2.75, 3.05) is 26.9 Å². The maximum absolute atomic E-state index is 13.6. The lowest BCUT2D eigenvalue weighted by atomic mass is 10.0. The molecular formula is C26H28FN5O7. The zero-order valence-electron chi connectivity index (χ0n) is 21.2. The summed E-state index contributed by atoms with van der Waals surface area (Å²) in [5.41, 5.74) is 1.43. The number of likely N-dealkylation sites (N-methyl/N-ethyl adjacent to an activating group) is 1. The molecule has 0 spiro atoms. The van der Waals surface area contributed by atoms with Crippen molar-refractivity contribution >= 4 is 23.8 Å². The van der Waals surface area contributed by atoms with Crippen LogP contribution in [0.3, 0.4) is 0 Å². The van der Waals surface area contributed by atoms with Gasteiger partial charge in [0.05, 0.1) is 13.1 Å². The Labute approximate surface area is 223 Å². The van der Waals surface area contributed by atoms with Crippen molar-refractivity contribution in [3.05, 3.63) is 59.4 Å². The maximum atomic E-state index is 13.6. The van der Waals surface area contributed by atoms with Crippen LogP contribution in [0.25, 0.3) is 0 Å². The van der Waals surface area contributed by atoms with Gasteiger partial charge in [-0.25, -0.2) is 19.2 Å². The highest BCUT2D eigenvalue weighted by Gasteiger charge is 2.50. The van der Waals surface area contributed by atoms with E-state index in [1.54, 1.807) is 37.4 Å². The highest BCUT2D eigenvalue weighted by molar-refractivity contribution is 5.91. The topological polar surface area (TPSA) is 132 Å². The molecule has 2 fully saturated rings. The van der Waals surface area contributed by atoms with E-state index in [-0.39, 0.29) is 51.7 Å². The highest BCUT2D eigenvalue weighted by Crippen LogP contribution is 2.34. The van der Waals surface area contributed by atoms with Gasteiger partial charge < -0.3 is 29.7 Å². The van der Waals surface area contributed by atoms with E-state index in [4.69, 9.17) is 9.47 Å². The lowest BCUT2D eigenvalue weighted by Gasteiger charge is -2.54. The number of nitrogens with zero attached hydrogens (tertiary/aromatic N) is 4. The predicted molar refractivity (Wildman–Crippen MR) is 132 cm³/mol. The molecule has 0 saturated carbocycles. The second-order valence-electron chi connectivity index (χ2n) is 9.58. The summed E-state index contributed by atoms with van der Waals surface area (Å²) < 4.78 is 24.1. The zero-order valence-corrected chi connectivity index (χ0v) is 21.2. The van der Waals surface area contributed by atoms with Crippen molar-refractivity contribution in [3.63, 3.8) is 0 Å². The number of hydrogen-bond acceptors (Lipinski definition) is 7. The summed E-state index contributed by atoms with van der Waals surface area (Å²) >= 11 is 0. The molecule has 39 heavy (non-hydrogen) atoms. The van der Waals surface area contributed by atoms with Gasteiger partial charge in [-0.3, -0.25) is 14.4 Å². The summed E-state index contributed by atoms with van der Waals surface area (Å²) in [4.78, 5) is 54.4. The standard InChI is InChI=1S/C26H28FN5O7/c1-29-14-23(33)31-19(7-9-24(34)35)25(36)30(12-17-4-8-20-21(10-17)39-15-38-20)13-22(31)32(29)26(37)28-11-16-2-5-18(27)6-3-16/h2-6,8,10,19,22H,7,9,11-15H2,1H3,(H,28,37)(H,34,35)/t19-,22?/m0/s1. The minimum absolute atomic E-state index is 0.0108. The number of aliphatic carboxylic acids is 1. The molecule has 3 heterocycles. The lowest BCUT2D eigenvalue weighted by Crippen LogP contribution is -2.75. The van der Waals surface area contributed by atoms with Gasteiger partial charge in [-0.1, -0.05) is 18.2 Å². The first-order chi connectivity index (χ1) is 18.7. The van der Waals surface area contributed by atoms with Gasteiger partial charge in [-0.05, 0) is 41.8 Å². The summed E-state index contributed by atoms with van der Waals surface area (Å²) in [6.45, 7) is 0.223. The molecule has 0 bridgehead atoms. The molecule has 3 aliphatic rings. The fraction of sp³-hybridized carbons (Fsp3) is 0.385. The molecule has 0 radical (unpaired) electrons. The van der Waals surface area contributed by atoms with Crippen LogP contribution in [0, 0.1) is 5.82 Å². The van der Waals surface area contributed by atoms with Crippen molar-refractivity contribution < 1.29 is 38.1 Å². The number of fused-ring (bicyclic) bond motifs is 2. The third-order valence-electron chi connectivity index (χ3n) is 6.95. The van der Waals surface area contributed by atoms with Crippen LogP contribution in [0.5, 0.6) is 11.5 Å². The smallest absolute Gasteiger partial charge is 0.334 e. The molecule has 12 nitrogen and oxygen atoms in total. The number of halogens is 1. The third kappa shape index (κ3) is 5.43. The number of urea groups is 1. The number of hydrazine groups is 1. The number of carboxylic acid groups (broad SMARTS) is 1. The monoisotopic (exact) mass is 541 g/mol. The highest BCUT2D eigenvalue weighted by atomic mass is 19.1. The van der Waals surface area contributed by atoms with Crippen LogP contribution < -0.4 is 14.8 Å². The number of rotatable bonds is 7. The van der Waals surface area contributed by atoms with Gasteiger partial charge in [0.2, 0.25) is 18.6 Å². The van der Waals surface area contributed by atoms with E-state index in [9.17, 15) is 28.7 Å². The fourth-order valence-electron chi connectivity index (χ4n) is 5.11. The Morgan fingerprint density at radius 3 is 2.54 bits per heavy atom. The van der Waals surface area contributed by atoms with E-state index in [0.29, 0.717) is 17.1 Å². The van der Waals surface area contributed by atoms with Crippen LogP contribution in [0.4, 0.5) is 9.18 Å². The van der Waals surface area contributed by atoms with Crippen molar-refractivity contribution in [2.24, 2.45) is 0 Å². The SMILES string of the molecule is CN1CC(=O)N2C(CN(Cc3ccc4c(c3)OCO4)C(=O)[C@@H]2CCC(=O)O)N1C(=O)NCc1ccc(F)cc1. The first kappa shape index (κ1) is 26.2. The Kier molecular flexibility index (Phi) is 7.24. The normalized spacial score (nSPS) is 20.7. The van der Waals surface area contributed by atoms with Crippen LogP contribution in [0.15, 0.2) is 42.5 Å². The Morgan fingerprint density at radius 2 is 1.79 bits per heavy atom. The Morgan fingerprint density at radius 1 is 1.08 bits per heavy atom. The molecule has 13 heteroatoms. The molecule has 4 amide bonds. The molecule has 2 saturated heterocycles. The predicted octanol–water partition coefficient (Wildman–Crippen LogP) is 1.36. The van der Waals surface area contributed by atoms with E-state index in [2.05, 4.69) is 5.32 Å². The van der Waals surface area contributed by atoms with Gasteiger partial charge in [-0.15, -0.1) is 0 Å². The zero-order chi connectivity index (χ0) is 27.7. The Bertz CT molecular complexity index is 1290. The summed E-state index contributed by atoms with van der Waals surface area (Å²) in [5.74, 6) is -1.11. The van der Waals surface area contributed by atoms with Gasteiger partial charge in [0.25, 0.3) is 0 Å². The molecule has 5 rings (SSSR count). The number of piperazine rings is 1. The second kappa shape index (κ2) is 10.8. The largest absolute Gasteiger partial charge is 0.481 e. The average Bonchev–Trinajstić information content (AvgIpc) is 3.36. The molecule has 1 unspecified atom stereocenters. The number of hydrogen-bond donors (Lipinski definition) is 2. The number of amides is 4. The number of carboxylic acids is 1. The van der Waals surface area contributed by atoms with Gasteiger partial charge >= 0.3 is 12.0 Å². The number of carbonyl (C=O) groups excluding carboxylic acids is 3. The number of carbonyl (C=O) groups is 4. The van der Waals surface area contributed by atoms with Gasteiger partial charge in [0, 0.05) is 26.6 Å². The summed E-state index contributed by atoms with van der Waals surface area (Å²) in [7, 11) is 1.59. The summed E-state index contributed by atoms with van der Waals surface area (Å²) in [6.07, 6.45) is -1.28. The molecule has 2 aromatic carbocycles. The average molecular weight is 542 g/mol. The minimum atomic E-state index is -1.09. The van der Waals surface area contributed by atoms with E-state index in [1.165, 1.54) is 32.0 Å². The van der Waals surface area contributed by atoms with Crippen molar-refractivity contribution in [1.82, 2.24) is 25.1 Å². The van der Waals surface area contributed by atoms with E-state index in [1.807, 2.05) is 0 Å². The number of ether oxygens (including phenoxy) is 2. The number of nitrogens with one attached hydrogen (secondary N) is 1. The maximum Gasteiger partial charge on any atom is 0.334 e. The van der Waals surface area contributed by atoms with Crippen molar-refractivity contribution in [3.8, 4) is 11.5 Å². The van der Waals surface area contributed by atoms with Gasteiger partial charge in [0.1, 0.15) is 18.0 Å². The quantitative estimate of drug-likeness (QED) is 0.537. The molecule has 206 valence electrons. The van der Waals surface area contributed by atoms with Crippen LogP contribution in [-0.4, -0.2) is 87.9 Å². The molecule has 2 N–H and O–H groups in total. The van der Waals surface area contributed by atoms with E-state index in [0.717, 1.165) is 5.56 Å². The Balaban J connectivity index is 1.40. The molecule has 2 atom stereocenters. The van der Waals surface area contributed by atoms with Crippen molar-refractivity contribution in [1.29, 1.82) is 0 Å². The fourth-order valence-corrected chi connectivity index (χ4v) is 5.11. The van der Waals surface area contributed by atoms with E-state index >= 15 is 0 Å². The molecule has 3 aliphatic heterocycles. The van der Waals surface area contributed by atoms with Crippen LogP contribution >= 0.6 is 0 Å². The third-order valence-corrected chi connectivity index (χ3v) is 6.95. The van der Waals surface area contributed by atoms with Crippen molar-refractivity contribution in [2.45, 2.75) is 38.1 Å². The van der Waals surface area contributed by atoms with Gasteiger partial charge in [-0.2, -0.15) is 0 Å². The molecular weight excluding hydrogens is 513 g/mol. The Hall–Kier alpha value is -4.39. The van der Waals surface area contributed by atoms with E-state index < -0.39 is 35.9 Å². The summed E-state index contributed by atoms with van der Waals surface area (Å²) in [6, 6.07) is 9.43. The minimum Gasteiger partial charge on any atom is -0.481 e.